The Bertz CT molecular complexity index is 457. The first-order valence-corrected chi connectivity index (χ1v) is 6.67. The minimum absolute atomic E-state index is 0.0247. The molecule has 98 valence electrons. The Balaban J connectivity index is 2.18. The molecule has 1 aromatic rings. The van der Waals surface area contributed by atoms with Crippen LogP contribution >= 0.6 is 11.6 Å². The van der Waals surface area contributed by atoms with Gasteiger partial charge in [-0.2, -0.15) is 0 Å². The summed E-state index contributed by atoms with van der Waals surface area (Å²) in [6.45, 7) is 1.87. The van der Waals surface area contributed by atoms with Crippen molar-refractivity contribution in [3.63, 3.8) is 0 Å². The van der Waals surface area contributed by atoms with Crippen LogP contribution in [0.25, 0.3) is 0 Å². The van der Waals surface area contributed by atoms with E-state index >= 15 is 0 Å². The molecule has 4 nitrogen and oxygen atoms in total. The molecular weight excluding hydrogens is 252 g/mol. The molecule has 1 N–H and O–H groups in total. The minimum Gasteiger partial charge on any atom is -0.382 e. The molecule has 2 rings (SSSR count). The Kier molecular flexibility index (Phi) is 4.07. The van der Waals surface area contributed by atoms with Crippen LogP contribution < -0.4 is 5.32 Å². The van der Waals surface area contributed by atoms with Crippen LogP contribution in [-0.2, 0) is 0 Å². The van der Waals surface area contributed by atoms with E-state index in [0.717, 1.165) is 24.1 Å². The highest BCUT2D eigenvalue weighted by Gasteiger charge is 2.18. The maximum atomic E-state index is 10.8. The van der Waals surface area contributed by atoms with Crippen molar-refractivity contribution in [2.45, 2.75) is 45.1 Å². The molecule has 1 fully saturated rings. The van der Waals surface area contributed by atoms with Crippen LogP contribution in [0.3, 0.4) is 0 Å². The summed E-state index contributed by atoms with van der Waals surface area (Å²) < 4.78 is 0. The lowest BCUT2D eigenvalue weighted by Gasteiger charge is -2.24. The largest absolute Gasteiger partial charge is 0.382 e. The fourth-order valence-corrected chi connectivity index (χ4v) is 2.66. The first kappa shape index (κ1) is 13.1. The summed E-state index contributed by atoms with van der Waals surface area (Å²) in [5, 5.41) is 14.4. The van der Waals surface area contributed by atoms with Crippen molar-refractivity contribution in [3.05, 3.63) is 32.8 Å². The normalized spacial score (nSPS) is 16.6. The van der Waals surface area contributed by atoms with Crippen LogP contribution in [0.4, 0.5) is 11.4 Å². The highest BCUT2D eigenvalue weighted by Crippen LogP contribution is 2.32. The molecule has 1 saturated carbocycles. The lowest BCUT2D eigenvalue weighted by Crippen LogP contribution is -2.22. The van der Waals surface area contributed by atoms with Crippen molar-refractivity contribution in [2.24, 2.45) is 0 Å². The summed E-state index contributed by atoms with van der Waals surface area (Å²) in [6.07, 6.45) is 6.12. The van der Waals surface area contributed by atoms with Gasteiger partial charge in [-0.1, -0.05) is 30.9 Å². The average molecular weight is 269 g/mol. The van der Waals surface area contributed by atoms with Gasteiger partial charge in [-0.25, -0.2) is 0 Å². The number of rotatable bonds is 3. The number of halogens is 1. The zero-order chi connectivity index (χ0) is 13.1. The first-order chi connectivity index (χ1) is 8.58. The highest BCUT2D eigenvalue weighted by molar-refractivity contribution is 6.33. The topological polar surface area (TPSA) is 55.2 Å². The monoisotopic (exact) mass is 268 g/mol. The molecule has 0 atom stereocenters. The second kappa shape index (κ2) is 5.57. The third-order valence-electron chi connectivity index (χ3n) is 3.46. The van der Waals surface area contributed by atoms with E-state index in [1.807, 2.05) is 6.92 Å². The number of aryl methyl sites for hydroxylation is 1. The lowest BCUT2D eigenvalue weighted by atomic mass is 9.95. The summed E-state index contributed by atoms with van der Waals surface area (Å²) in [7, 11) is 0. The molecule has 0 radical (unpaired) electrons. The standard InChI is InChI=1S/C13H17ClN2O2/c1-9-7-13(16(17)18)11(14)8-12(9)15-10-5-3-2-4-6-10/h7-8,10,15H,2-6H2,1H3. The van der Waals surface area contributed by atoms with E-state index in [0.29, 0.717) is 6.04 Å². The molecule has 0 amide bonds. The Morgan fingerprint density at radius 3 is 2.61 bits per heavy atom. The summed E-state index contributed by atoms with van der Waals surface area (Å²) in [6, 6.07) is 3.67. The number of nitrogens with zero attached hydrogens (tertiary/aromatic N) is 1. The van der Waals surface area contributed by atoms with Gasteiger partial charge in [0, 0.05) is 17.8 Å². The van der Waals surface area contributed by atoms with Crippen LogP contribution in [0.1, 0.15) is 37.7 Å². The third-order valence-corrected chi connectivity index (χ3v) is 3.76. The summed E-state index contributed by atoms with van der Waals surface area (Å²) in [4.78, 5) is 10.3. The second-order valence-electron chi connectivity index (χ2n) is 4.85. The average Bonchev–Trinajstić information content (AvgIpc) is 2.34. The molecule has 0 spiro atoms. The van der Waals surface area contributed by atoms with Crippen LogP contribution in [-0.4, -0.2) is 11.0 Å². The molecular formula is C13H17ClN2O2. The molecule has 0 aliphatic heterocycles. The van der Waals surface area contributed by atoms with Gasteiger partial charge in [0.25, 0.3) is 5.69 Å². The van der Waals surface area contributed by atoms with Crippen molar-refractivity contribution in [1.82, 2.24) is 0 Å². The molecule has 5 heteroatoms. The lowest BCUT2D eigenvalue weighted by molar-refractivity contribution is -0.384. The summed E-state index contributed by atoms with van der Waals surface area (Å²) >= 11 is 5.93. The van der Waals surface area contributed by atoms with Gasteiger partial charge in [0.1, 0.15) is 5.02 Å². The Morgan fingerprint density at radius 1 is 1.33 bits per heavy atom. The number of nitro benzene ring substituents is 1. The quantitative estimate of drug-likeness (QED) is 0.657. The Labute approximate surface area is 111 Å². The van der Waals surface area contributed by atoms with E-state index in [1.54, 1.807) is 6.07 Å². The first-order valence-electron chi connectivity index (χ1n) is 6.29. The smallest absolute Gasteiger partial charge is 0.288 e. The minimum atomic E-state index is -0.445. The van der Waals surface area contributed by atoms with Crippen LogP contribution in [0.15, 0.2) is 12.1 Å². The SMILES string of the molecule is Cc1cc([N+](=O)[O-])c(Cl)cc1NC1CCCCC1. The zero-order valence-electron chi connectivity index (χ0n) is 10.4. The number of hydrogen-bond acceptors (Lipinski definition) is 3. The van der Waals surface area contributed by atoms with E-state index in [-0.39, 0.29) is 10.7 Å². The van der Waals surface area contributed by atoms with Crippen LogP contribution in [0.5, 0.6) is 0 Å². The molecule has 0 unspecified atom stereocenters. The maximum absolute atomic E-state index is 10.8. The number of anilines is 1. The molecule has 0 heterocycles. The third kappa shape index (κ3) is 2.93. The van der Waals surface area contributed by atoms with Gasteiger partial charge in [-0.05, 0) is 31.4 Å². The van der Waals surface area contributed by atoms with E-state index < -0.39 is 4.92 Å². The maximum Gasteiger partial charge on any atom is 0.288 e. The van der Waals surface area contributed by atoms with Gasteiger partial charge in [0.05, 0.1) is 4.92 Å². The predicted molar refractivity (Wildman–Crippen MR) is 73.3 cm³/mol. The van der Waals surface area contributed by atoms with Gasteiger partial charge in [0.15, 0.2) is 0 Å². The second-order valence-corrected chi connectivity index (χ2v) is 5.26. The van der Waals surface area contributed by atoms with Gasteiger partial charge < -0.3 is 5.32 Å². The van der Waals surface area contributed by atoms with Crippen LogP contribution in [0, 0.1) is 17.0 Å². The number of nitrogens with one attached hydrogen (secondary N) is 1. The van der Waals surface area contributed by atoms with Gasteiger partial charge in [-0.15, -0.1) is 0 Å². The highest BCUT2D eigenvalue weighted by atomic mass is 35.5. The van der Waals surface area contributed by atoms with E-state index in [1.165, 1.54) is 25.3 Å². The molecule has 18 heavy (non-hydrogen) atoms. The van der Waals surface area contributed by atoms with Crippen LogP contribution in [0.2, 0.25) is 5.02 Å². The van der Waals surface area contributed by atoms with Crippen molar-refractivity contribution < 1.29 is 4.92 Å². The van der Waals surface area contributed by atoms with Crippen molar-refractivity contribution in [2.75, 3.05) is 5.32 Å². The van der Waals surface area contributed by atoms with E-state index in [2.05, 4.69) is 5.32 Å². The van der Waals surface area contributed by atoms with Gasteiger partial charge in [0.2, 0.25) is 0 Å². The van der Waals surface area contributed by atoms with Crippen molar-refractivity contribution >= 4 is 23.0 Å². The molecule has 0 aromatic heterocycles. The number of benzene rings is 1. The molecule has 1 aliphatic carbocycles. The fraction of sp³-hybridized carbons (Fsp3) is 0.538. The Morgan fingerprint density at radius 2 is 2.00 bits per heavy atom. The molecule has 0 bridgehead atoms. The fourth-order valence-electron chi connectivity index (χ4n) is 2.43. The Hall–Kier alpha value is -1.29. The van der Waals surface area contributed by atoms with Gasteiger partial charge >= 0.3 is 0 Å². The van der Waals surface area contributed by atoms with Crippen molar-refractivity contribution in [1.29, 1.82) is 0 Å². The zero-order valence-corrected chi connectivity index (χ0v) is 11.2. The van der Waals surface area contributed by atoms with Crippen molar-refractivity contribution in [3.8, 4) is 0 Å². The molecule has 1 aliphatic rings. The van der Waals surface area contributed by atoms with E-state index in [4.69, 9.17) is 11.6 Å². The summed E-state index contributed by atoms with van der Waals surface area (Å²) in [5.74, 6) is 0. The number of nitro groups is 1. The predicted octanol–water partition coefficient (Wildman–Crippen LogP) is 4.30. The number of hydrogen-bond donors (Lipinski definition) is 1. The molecule has 1 aromatic carbocycles. The van der Waals surface area contributed by atoms with Gasteiger partial charge in [-0.3, -0.25) is 10.1 Å². The molecule has 0 saturated heterocycles. The van der Waals surface area contributed by atoms with E-state index in [9.17, 15) is 10.1 Å². The summed E-state index contributed by atoms with van der Waals surface area (Å²) in [5.41, 5.74) is 1.76.